The fourth-order valence-corrected chi connectivity index (χ4v) is 2.04. The number of halogens is 3. The van der Waals surface area contributed by atoms with Crippen molar-refractivity contribution < 1.29 is 49.6 Å². The highest BCUT2D eigenvalue weighted by Crippen LogP contribution is 2.37. The third-order valence-corrected chi connectivity index (χ3v) is 3.57. The van der Waals surface area contributed by atoms with Crippen molar-refractivity contribution in [3.8, 4) is 11.5 Å². The molecule has 0 spiro atoms. The molecule has 0 saturated heterocycles. The molecule has 1 aromatic carbocycles. The third-order valence-electron chi connectivity index (χ3n) is 2.60. The van der Waals surface area contributed by atoms with Gasteiger partial charge in [-0.05, 0) is 12.1 Å². The highest BCUT2D eigenvalue weighted by atomic mass is 32.2. The van der Waals surface area contributed by atoms with Crippen molar-refractivity contribution >= 4 is 22.1 Å². The summed E-state index contributed by atoms with van der Waals surface area (Å²) < 4.78 is 77.0. The van der Waals surface area contributed by atoms with Gasteiger partial charge >= 0.3 is 27.6 Å². The lowest BCUT2D eigenvalue weighted by Crippen LogP contribution is -2.28. The molecule has 134 valence electrons. The summed E-state index contributed by atoms with van der Waals surface area (Å²) in [7, 11) is -3.17. The summed E-state index contributed by atoms with van der Waals surface area (Å²) in [5, 5.41) is 0. The van der Waals surface area contributed by atoms with E-state index >= 15 is 0 Å². The minimum Gasteiger partial charge on any atom is -0.492 e. The van der Waals surface area contributed by atoms with E-state index < -0.39 is 50.2 Å². The zero-order valence-corrected chi connectivity index (χ0v) is 13.3. The summed E-state index contributed by atoms with van der Waals surface area (Å²) in [5.74, 6) is -3.90. The minimum atomic E-state index is -6.02. The number of alkyl halides is 3. The Balaban J connectivity index is 3.61. The first-order valence-corrected chi connectivity index (χ1v) is 7.29. The van der Waals surface area contributed by atoms with Crippen molar-refractivity contribution in [3.05, 3.63) is 23.3 Å². The molecule has 1 aromatic rings. The molecule has 0 amide bonds. The van der Waals surface area contributed by atoms with Gasteiger partial charge in [-0.15, -0.1) is 0 Å². The number of ether oxygens (including phenoxy) is 3. The van der Waals surface area contributed by atoms with Gasteiger partial charge in [-0.2, -0.15) is 21.6 Å². The fourth-order valence-electron chi connectivity index (χ4n) is 1.58. The third kappa shape index (κ3) is 3.69. The molecule has 24 heavy (non-hydrogen) atoms. The van der Waals surface area contributed by atoms with Gasteiger partial charge < -0.3 is 18.4 Å². The van der Waals surface area contributed by atoms with Gasteiger partial charge in [-0.25, -0.2) is 9.59 Å². The summed E-state index contributed by atoms with van der Waals surface area (Å²) in [4.78, 5) is 23.5. The molecule has 0 radical (unpaired) electrons. The van der Waals surface area contributed by atoms with Gasteiger partial charge in [0.05, 0.1) is 26.9 Å². The topological polar surface area (TPSA) is 105 Å². The largest absolute Gasteiger partial charge is 0.534 e. The van der Waals surface area contributed by atoms with Crippen LogP contribution in [0.2, 0.25) is 0 Å². The molecular formula is C12H11F3O8S. The van der Waals surface area contributed by atoms with E-state index in [1.54, 1.807) is 0 Å². The summed E-state index contributed by atoms with van der Waals surface area (Å²) in [6, 6.07) is 1.54. The van der Waals surface area contributed by atoms with Crippen molar-refractivity contribution in [3.63, 3.8) is 0 Å². The number of benzene rings is 1. The summed E-state index contributed by atoms with van der Waals surface area (Å²) in [6.07, 6.45) is 0. The number of carbonyl (C=O) groups excluding carboxylic acids is 2. The molecular weight excluding hydrogens is 361 g/mol. The smallest absolute Gasteiger partial charge is 0.492 e. The summed E-state index contributed by atoms with van der Waals surface area (Å²) in [5.41, 5.74) is -6.77. The summed E-state index contributed by atoms with van der Waals surface area (Å²) in [6.45, 7) is 0. The van der Waals surface area contributed by atoms with E-state index in [1.165, 1.54) is 0 Å². The molecule has 0 N–H and O–H groups in total. The molecule has 0 atom stereocenters. The average Bonchev–Trinajstić information content (AvgIpc) is 2.51. The first-order valence-electron chi connectivity index (χ1n) is 5.88. The number of rotatable bonds is 5. The van der Waals surface area contributed by atoms with Gasteiger partial charge in [0, 0.05) is 0 Å². The van der Waals surface area contributed by atoms with Crippen LogP contribution in [-0.2, 0) is 19.6 Å². The Bertz CT molecular complexity index is 754. The van der Waals surface area contributed by atoms with Crippen LogP contribution in [-0.4, -0.2) is 47.2 Å². The standard InChI is InChI=1S/C12H11F3O8S/c1-20-9-7(23-24(18,19)12(13,14)15)5-4-6(10(16)21-2)8(9)11(17)22-3/h4-5H,1-3H3. The van der Waals surface area contributed by atoms with E-state index in [4.69, 9.17) is 4.74 Å². The number of hydrogen-bond donors (Lipinski definition) is 0. The number of hydrogen-bond acceptors (Lipinski definition) is 8. The molecule has 0 fully saturated rings. The highest BCUT2D eigenvalue weighted by Gasteiger charge is 2.49. The predicted octanol–water partition coefficient (Wildman–Crippen LogP) is 1.50. The van der Waals surface area contributed by atoms with E-state index in [9.17, 15) is 31.2 Å². The predicted molar refractivity (Wildman–Crippen MR) is 71.3 cm³/mol. The van der Waals surface area contributed by atoms with Crippen LogP contribution in [0.4, 0.5) is 13.2 Å². The molecule has 0 bridgehead atoms. The SMILES string of the molecule is COC(=O)c1ccc(OS(=O)(=O)C(F)(F)F)c(OC)c1C(=O)OC. The van der Waals surface area contributed by atoms with Crippen LogP contribution >= 0.6 is 0 Å². The maximum absolute atomic E-state index is 12.4. The molecule has 0 unspecified atom stereocenters. The molecule has 0 aliphatic heterocycles. The lowest BCUT2D eigenvalue weighted by Gasteiger charge is -2.16. The van der Waals surface area contributed by atoms with Crippen LogP contribution < -0.4 is 8.92 Å². The lowest BCUT2D eigenvalue weighted by molar-refractivity contribution is -0.0500. The second kappa shape index (κ2) is 6.95. The van der Waals surface area contributed by atoms with Crippen LogP contribution in [0.25, 0.3) is 0 Å². The first-order chi connectivity index (χ1) is 11.0. The number of carbonyl (C=O) groups is 2. The second-order valence-corrected chi connectivity index (χ2v) is 5.52. The van der Waals surface area contributed by atoms with Crippen molar-refractivity contribution in [1.29, 1.82) is 0 Å². The number of methoxy groups -OCH3 is 3. The molecule has 0 aliphatic carbocycles. The number of esters is 2. The molecule has 1 rings (SSSR count). The maximum Gasteiger partial charge on any atom is 0.534 e. The molecule has 8 nitrogen and oxygen atoms in total. The minimum absolute atomic E-state index is 0.419. The Hall–Kier alpha value is -2.50. The van der Waals surface area contributed by atoms with Crippen LogP contribution in [0.3, 0.4) is 0 Å². The van der Waals surface area contributed by atoms with Gasteiger partial charge in [0.15, 0.2) is 11.5 Å². The Morgan fingerprint density at radius 2 is 1.54 bits per heavy atom. The quantitative estimate of drug-likeness (QED) is 0.435. The van der Waals surface area contributed by atoms with Crippen LogP contribution in [0.15, 0.2) is 12.1 Å². The Kier molecular flexibility index (Phi) is 5.66. The molecule has 0 heterocycles. The van der Waals surface area contributed by atoms with E-state index in [2.05, 4.69) is 13.7 Å². The monoisotopic (exact) mass is 372 g/mol. The molecule has 12 heteroatoms. The normalized spacial score (nSPS) is 11.6. The van der Waals surface area contributed by atoms with Crippen LogP contribution in [0, 0.1) is 0 Å². The van der Waals surface area contributed by atoms with Crippen LogP contribution in [0.1, 0.15) is 20.7 Å². The van der Waals surface area contributed by atoms with Crippen molar-refractivity contribution in [2.24, 2.45) is 0 Å². The van der Waals surface area contributed by atoms with Gasteiger partial charge in [0.1, 0.15) is 5.56 Å². The molecule has 0 aliphatic rings. The van der Waals surface area contributed by atoms with Crippen molar-refractivity contribution in [2.45, 2.75) is 5.51 Å². The van der Waals surface area contributed by atoms with E-state index in [-0.39, 0.29) is 0 Å². The van der Waals surface area contributed by atoms with E-state index in [0.717, 1.165) is 27.4 Å². The first kappa shape index (κ1) is 19.5. The van der Waals surface area contributed by atoms with E-state index in [1.807, 2.05) is 0 Å². The lowest BCUT2D eigenvalue weighted by atomic mass is 10.1. The zero-order valence-electron chi connectivity index (χ0n) is 12.5. The fraction of sp³-hybridized carbons (Fsp3) is 0.333. The maximum atomic E-state index is 12.4. The van der Waals surface area contributed by atoms with Crippen LogP contribution in [0.5, 0.6) is 11.5 Å². The van der Waals surface area contributed by atoms with Crippen molar-refractivity contribution in [2.75, 3.05) is 21.3 Å². The summed E-state index contributed by atoms with van der Waals surface area (Å²) >= 11 is 0. The van der Waals surface area contributed by atoms with Gasteiger partial charge in [0.2, 0.25) is 0 Å². The van der Waals surface area contributed by atoms with Gasteiger partial charge in [-0.3, -0.25) is 0 Å². The molecule has 0 saturated carbocycles. The average molecular weight is 372 g/mol. The second-order valence-electron chi connectivity index (χ2n) is 3.99. The Morgan fingerprint density at radius 1 is 1.00 bits per heavy atom. The van der Waals surface area contributed by atoms with E-state index in [0.29, 0.717) is 6.07 Å². The zero-order chi connectivity index (χ0) is 18.7. The van der Waals surface area contributed by atoms with Crippen molar-refractivity contribution in [1.82, 2.24) is 0 Å². The Morgan fingerprint density at radius 3 is 1.96 bits per heavy atom. The molecule has 0 aromatic heterocycles. The highest BCUT2D eigenvalue weighted by molar-refractivity contribution is 7.88. The Labute approximate surface area is 134 Å². The van der Waals surface area contributed by atoms with Gasteiger partial charge in [0.25, 0.3) is 0 Å². The van der Waals surface area contributed by atoms with Gasteiger partial charge in [-0.1, -0.05) is 0 Å².